The Morgan fingerprint density at radius 2 is 1.71 bits per heavy atom. The molecule has 0 atom stereocenters. The molecular formula is C28H32N4O3. The highest BCUT2D eigenvalue weighted by Crippen LogP contribution is 2.34. The van der Waals surface area contributed by atoms with Crippen LogP contribution in [0.5, 0.6) is 5.75 Å². The second kappa shape index (κ2) is 10.4. The van der Waals surface area contributed by atoms with Gasteiger partial charge in [0.1, 0.15) is 18.0 Å². The van der Waals surface area contributed by atoms with Crippen LogP contribution in [-0.2, 0) is 11.2 Å². The molecule has 1 aliphatic heterocycles. The third-order valence-corrected chi connectivity index (χ3v) is 6.65. The monoisotopic (exact) mass is 472 g/mol. The fraction of sp³-hybridized carbons (Fsp3) is 0.357. The Morgan fingerprint density at radius 1 is 0.971 bits per heavy atom. The molecule has 1 saturated heterocycles. The van der Waals surface area contributed by atoms with Gasteiger partial charge in [-0.25, -0.2) is 4.98 Å². The zero-order valence-electron chi connectivity index (χ0n) is 20.4. The van der Waals surface area contributed by atoms with E-state index < -0.39 is 0 Å². The number of benzene rings is 2. The Bertz CT molecular complexity index is 1340. The quantitative estimate of drug-likeness (QED) is 0.380. The number of fused-ring (bicyclic) bond motifs is 1. The van der Waals surface area contributed by atoms with Crippen LogP contribution in [0.15, 0.2) is 59.4 Å². The Kier molecular flexibility index (Phi) is 6.86. The molecule has 1 aliphatic rings. The van der Waals surface area contributed by atoms with E-state index in [2.05, 4.69) is 22.1 Å². The number of aryl methyl sites for hydroxylation is 1. The number of hydrogen-bond acceptors (Lipinski definition) is 5. The van der Waals surface area contributed by atoms with E-state index in [1.54, 1.807) is 11.6 Å². The van der Waals surface area contributed by atoms with E-state index >= 15 is 0 Å². The maximum absolute atomic E-state index is 13.7. The molecule has 2 aromatic carbocycles. The summed E-state index contributed by atoms with van der Waals surface area (Å²) < 4.78 is 12.3. The number of piperidine rings is 1. The molecular weight excluding hydrogens is 440 g/mol. The van der Waals surface area contributed by atoms with Crippen LogP contribution < -0.4 is 15.2 Å². The smallest absolute Gasteiger partial charge is 0.276 e. The number of rotatable bonds is 8. The normalized spacial score (nSPS) is 13.9. The van der Waals surface area contributed by atoms with Gasteiger partial charge < -0.3 is 14.4 Å². The van der Waals surface area contributed by atoms with Gasteiger partial charge in [-0.1, -0.05) is 42.5 Å². The van der Waals surface area contributed by atoms with Crippen molar-refractivity contribution in [1.29, 1.82) is 0 Å². The van der Waals surface area contributed by atoms with Crippen LogP contribution in [0.2, 0.25) is 0 Å². The van der Waals surface area contributed by atoms with Crippen LogP contribution in [0.4, 0.5) is 5.69 Å². The first-order valence-corrected chi connectivity index (χ1v) is 12.3. The Balaban J connectivity index is 1.53. The van der Waals surface area contributed by atoms with Gasteiger partial charge in [0.25, 0.3) is 5.56 Å². The molecule has 0 bridgehead atoms. The van der Waals surface area contributed by atoms with Gasteiger partial charge in [-0.15, -0.1) is 0 Å². The summed E-state index contributed by atoms with van der Waals surface area (Å²) >= 11 is 0. The van der Waals surface area contributed by atoms with E-state index in [9.17, 15) is 4.79 Å². The highest BCUT2D eigenvalue weighted by molar-refractivity contribution is 5.86. The van der Waals surface area contributed by atoms with Crippen LogP contribution in [0.1, 0.15) is 36.1 Å². The molecule has 0 unspecified atom stereocenters. The molecule has 7 nitrogen and oxygen atoms in total. The zero-order valence-corrected chi connectivity index (χ0v) is 20.4. The average molecular weight is 473 g/mol. The van der Waals surface area contributed by atoms with Crippen molar-refractivity contribution in [2.75, 3.05) is 38.3 Å². The van der Waals surface area contributed by atoms with Crippen LogP contribution in [0, 0.1) is 6.92 Å². The van der Waals surface area contributed by atoms with Crippen molar-refractivity contribution in [3.8, 4) is 17.0 Å². The molecule has 182 valence electrons. The summed E-state index contributed by atoms with van der Waals surface area (Å²) in [5.74, 6) is 0.788. The van der Waals surface area contributed by atoms with Gasteiger partial charge in [0.2, 0.25) is 0 Å². The molecule has 1 fully saturated rings. The summed E-state index contributed by atoms with van der Waals surface area (Å²) in [6.45, 7) is 4.94. The maximum atomic E-state index is 13.7. The topological polar surface area (TPSA) is 71.9 Å². The lowest BCUT2D eigenvalue weighted by Gasteiger charge is -2.28. The number of H-pyrrole nitrogens is 1. The average Bonchev–Trinajstić information content (AvgIpc) is 3.28. The van der Waals surface area contributed by atoms with Crippen molar-refractivity contribution in [3.63, 3.8) is 0 Å². The zero-order chi connectivity index (χ0) is 24.2. The van der Waals surface area contributed by atoms with Crippen molar-refractivity contribution in [1.82, 2.24) is 14.6 Å². The number of aromatic amines is 1. The predicted octanol–water partition coefficient (Wildman–Crippen LogP) is 4.60. The van der Waals surface area contributed by atoms with E-state index in [0.717, 1.165) is 59.9 Å². The second-order valence-electron chi connectivity index (χ2n) is 9.05. The fourth-order valence-corrected chi connectivity index (χ4v) is 4.78. The molecule has 0 aliphatic carbocycles. The van der Waals surface area contributed by atoms with Gasteiger partial charge in [0, 0.05) is 43.4 Å². The van der Waals surface area contributed by atoms with Gasteiger partial charge in [0.15, 0.2) is 5.65 Å². The summed E-state index contributed by atoms with van der Waals surface area (Å²) in [6.07, 6.45) is 4.06. The first-order valence-electron chi connectivity index (χ1n) is 12.3. The molecule has 0 amide bonds. The number of aromatic nitrogens is 3. The minimum absolute atomic E-state index is 0.0478. The summed E-state index contributed by atoms with van der Waals surface area (Å²) in [5, 5.41) is 3.41. The maximum Gasteiger partial charge on any atom is 0.276 e. The van der Waals surface area contributed by atoms with Crippen molar-refractivity contribution in [3.05, 3.63) is 81.8 Å². The largest absolute Gasteiger partial charge is 0.491 e. The molecule has 4 aromatic rings. The SMILES string of the molecule is COCCOc1ccc(Cc2c(C)nc3c(N4CCCCC4)c(-c4ccccc4)[nH]n3c2=O)cc1. The molecule has 0 spiro atoms. The number of hydrogen-bond donors (Lipinski definition) is 1. The van der Waals surface area contributed by atoms with E-state index in [-0.39, 0.29) is 5.56 Å². The van der Waals surface area contributed by atoms with E-state index in [0.29, 0.717) is 30.8 Å². The molecule has 3 heterocycles. The molecule has 7 heteroatoms. The molecule has 0 radical (unpaired) electrons. The summed E-state index contributed by atoms with van der Waals surface area (Å²) in [7, 11) is 1.65. The highest BCUT2D eigenvalue weighted by Gasteiger charge is 2.24. The van der Waals surface area contributed by atoms with Gasteiger partial charge in [-0.3, -0.25) is 9.89 Å². The van der Waals surface area contributed by atoms with E-state index in [4.69, 9.17) is 14.5 Å². The van der Waals surface area contributed by atoms with E-state index in [1.165, 1.54) is 6.42 Å². The van der Waals surface area contributed by atoms with Crippen molar-refractivity contribution in [2.24, 2.45) is 0 Å². The summed E-state index contributed by atoms with van der Waals surface area (Å²) in [6, 6.07) is 18.1. The number of ether oxygens (including phenoxy) is 2. The fourth-order valence-electron chi connectivity index (χ4n) is 4.78. The lowest BCUT2D eigenvalue weighted by molar-refractivity contribution is 0.146. The third kappa shape index (κ3) is 4.82. The number of nitrogens with one attached hydrogen (secondary N) is 1. The van der Waals surface area contributed by atoms with Gasteiger partial charge in [-0.2, -0.15) is 4.52 Å². The highest BCUT2D eigenvalue weighted by atomic mass is 16.5. The number of anilines is 1. The van der Waals surface area contributed by atoms with Crippen molar-refractivity contribution >= 4 is 11.3 Å². The molecule has 1 N–H and O–H groups in total. The number of nitrogens with zero attached hydrogens (tertiary/aromatic N) is 3. The Labute approximate surface area is 205 Å². The summed E-state index contributed by atoms with van der Waals surface area (Å²) in [5.41, 5.74) is 6.20. The van der Waals surface area contributed by atoms with Crippen LogP contribution in [0.3, 0.4) is 0 Å². The van der Waals surface area contributed by atoms with Gasteiger partial charge >= 0.3 is 0 Å². The Morgan fingerprint density at radius 3 is 2.43 bits per heavy atom. The van der Waals surface area contributed by atoms with Crippen LogP contribution in [0.25, 0.3) is 16.9 Å². The van der Waals surface area contributed by atoms with E-state index in [1.807, 2.05) is 49.4 Å². The summed E-state index contributed by atoms with van der Waals surface area (Å²) in [4.78, 5) is 21.1. The standard InChI is InChI=1S/C28H32N4O3/c1-20-24(19-21-11-13-23(14-12-21)35-18-17-34-2)28(33)32-27(29-20)26(31-15-7-4-8-16-31)25(30-32)22-9-5-3-6-10-22/h3,5-6,9-14,30H,4,7-8,15-19H2,1-2H3. The lowest BCUT2D eigenvalue weighted by Crippen LogP contribution is -2.30. The second-order valence-corrected chi connectivity index (χ2v) is 9.05. The Hall–Kier alpha value is -3.58. The first kappa shape index (κ1) is 23.2. The third-order valence-electron chi connectivity index (χ3n) is 6.65. The molecule has 5 rings (SSSR count). The molecule has 35 heavy (non-hydrogen) atoms. The van der Waals surface area contributed by atoms with Crippen LogP contribution in [-0.4, -0.2) is 48.0 Å². The van der Waals surface area contributed by atoms with Gasteiger partial charge in [-0.05, 0) is 43.9 Å². The van der Waals surface area contributed by atoms with Crippen molar-refractivity contribution < 1.29 is 9.47 Å². The molecule has 2 aromatic heterocycles. The van der Waals surface area contributed by atoms with Crippen LogP contribution >= 0.6 is 0 Å². The number of methoxy groups -OCH3 is 1. The van der Waals surface area contributed by atoms with Gasteiger partial charge in [0.05, 0.1) is 12.3 Å². The first-order chi connectivity index (χ1) is 17.2. The molecule has 0 saturated carbocycles. The minimum Gasteiger partial charge on any atom is -0.491 e. The lowest BCUT2D eigenvalue weighted by atomic mass is 10.0. The predicted molar refractivity (Wildman–Crippen MR) is 139 cm³/mol. The van der Waals surface area contributed by atoms with Crippen molar-refractivity contribution in [2.45, 2.75) is 32.6 Å². The minimum atomic E-state index is -0.0478.